The Kier molecular flexibility index (Phi) is 5.72. The van der Waals surface area contributed by atoms with Crippen LogP contribution in [-0.4, -0.2) is 15.9 Å². The minimum absolute atomic E-state index is 0.121. The molecule has 2 aromatic rings. The van der Waals surface area contributed by atoms with Crippen LogP contribution in [0.1, 0.15) is 82.7 Å². The molecule has 0 atom stereocenters. The number of nitrogens with zero attached hydrogens (tertiary/aromatic N) is 2. The molecule has 174 valence electrons. The summed E-state index contributed by atoms with van der Waals surface area (Å²) in [5.41, 5.74) is 3.38. The van der Waals surface area contributed by atoms with E-state index in [1.807, 2.05) is 12.3 Å². The van der Waals surface area contributed by atoms with Gasteiger partial charge >= 0.3 is 0 Å². The SMILES string of the molecule is O=C(CC1CCCCC1)Nc1ncc(-c2ccccc2)nc1CC12CC3CC(CC(C3)C1)C2. The van der Waals surface area contributed by atoms with E-state index in [1.54, 1.807) is 0 Å². The van der Waals surface area contributed by atoms with E-state index in [-0.39, 0.29) is 5.91 Å². The highest BCUT2D eigenvalue weighted by molar-refractivity contribution is 5.90. The molecule has 1 amide bonds. The molecule has 0 unspecified atom stereocenters. The third kappa shape index (κ3) is 4.58. The maximum Gasteiger partial charge on any atom is 0.225 e. The first-order chi connectivity index (χ1) is 16.1. The number of hydrogen-bond acceptors (Lipinski definition) is 3. The molecule has 5 fully saturated rings. The molecule has 1 N–H and O–H groups in total. The third-order valence-corrected chi connectivity index (χ3v) is 9.08. The normalized spacial score (nSPS) is 31.0. The van der Waals surface area contributed by atoms with Crippen molar-refractivity contribution in [3.05, 3.63) is 42.2 Å². The van der Waals surface area contributed by atoms with Gasteiger partial charge < -0.3 is 5.32 Å². The molecule has 5 aliphatic rings. The van der Waals surface area contributed by atoms with Gasteiger partial charge in [-0.15, -0.1) is 0 Å². The van der Waals surface area contributed by atoms with Gasteiger partial charge in [-0.2, -0.15) is 0 Å². The molecular weight excluding hydrogens is 406 g/mol. The average molecular weight is 444 g/mol. The first-order valence-corrected chi connectivity index (χ1v) is 13.4. The fraction of sp³-hybridized carbons (Fsp3) is 0.621. The topological polar surface area (TPSA) is 54.9 Å². The molecule has 0 spiro atoms. The Morgan fingerprint density at radius 2 is 1.61 bits per heavy atom. The monoisotopic (exact) mass is 443 g/mol. The van der Waals surface area contributed by atoms with Gasteiger partial charge in [-0.3, -0.25) is 4.79 Å². The van der Waals surface area contributed by atoms with Gasteiger partial charge in [-0.05, 0) is 86.9 Å². The maximum atomic E-state index is 13.0. The fourth-order valence-corrected chi connectivity index (χ4v) is 8.10. The highest BCUT2D eigenvalue weighted by Gasteiger charge is 2.51. The van der Waals surface area contributed by atoms with Crippen LogP contribution >= 0.6 is 0 Å². The summed E-state index contributed by atoms with van der Waals surface area (Å²) < 4.78 is 0. The van der Waals surface area contributed by atoms with Gasteiger partial charge in [0.1, 0.15) is 0 Å². The highest BCUT2D eigenvalue weighted by Crippen LogP contribution is 2.61. The number of rotatable bonds is 6. The van der Waals surface area contributed by atoms with Crippen molar-refractivity contribution in [3.8, 4) is 11.3 Å². The Hall–Kier alpha value is -2.23. The van der Waals surface area contributed by atoms with Crippen LogP contribution in [0.25, 0.3) is 11.3 Å². The van der Waals surface area contributed by atoms with Crippen molar-refractivity contribution in [2.45, 2.75) is 83.5 Å². The van der Waals surface area contributed by atoms with E-state index in [0.29, 0.717) is 23.6 Å². The second-order valence-corrected chi connectivity index (χ2v) is 11.8. The first kappa shape index (κ1) is 21.3. The van der Waals surface area contributed by atoms with Gasteiger partial charge in [-0.25, -0.2) is 9.97 Å². The summed E-state index contributed by atoms with van der Waals surface area (Å²) in [6.07, 6.45) is 18.0. The van der Waals surface area contributed by atoms with E-state index in [4.69, 9.17) is 9.97 Å². The van der Waals surface area contributed by atoms with Crippen molar-refractivity contribution in [3.63, 3.8) is 0 Å². The highest BCUT2D eigenvalue weighted by atomic mass is 16.1. The lowest BCUT2D eigenvalue weighted by molar-refractivity contribution is -0.117. The zero-order valence-corrected chi connectivity index (χ0v) is 19.8. The molecule has 33 heavy (non-hydrogen) atoms. The first-order valence-electron chi connectivity index (χ1n) is 13.4. The molecule has 0 radical (unpaired) electrons. The van der Waals surface area contributed by atoms with Crippen LogP contribution in [0.5, 0.6) is 0 Å². The van der Waals surface area contributed by atoms with Crippen molar-refractivity contribution < 1.29 is 4.79 Å². The lowest BCUT2D eigenvalue weighted by Crippen LogP contribution is -2.47. The summed E-state index contributed by atoms with van der Waals surface area (Å²) in [5, 5.41) is 3.21. The van der Waals surface area contributed by atoms with Crippen molar-refractivity contribution >= 4 is 11.7 Å². The smallest absolute Gasteiger partial charge is 0.225 e. The van der Waals surface area contributed by atoms with Crippen LogP contribution in [0.2, 0.25) is 0 Å². The lowest BCUT2D eigenvalue weighted by Gasteiger charge is -2.57. The van der Waals surface area contributed by atoms with E-state index in [0.717, 1.165) is 41.1 Å². The maximum absolute atomic E-state index is 13.0. The number of aromatic nitrogens is 2. The van der Waals surface area contributed by atoms with Gasteiger partial charge in [0.2, 0.25) is 5.91 Å². The van der Waals surface area contributed by atoms with Gasteiger partial charge in [0, 0.05) is 12.0 Å². The van der Waals surface area contributed by atoms with E-state index < -0.39 is 0 Å². The van der Waals surface area contributed by atoms with Gasteiger partial charge in [0.05, 0.1) is 17.6 Å². The number of carbonyl (C=O) groups is 1. The number of hydrogen-bond donors (Lipinski definition) is 1. The van der Waals surface area contributed by atoms with Crippen LogP contribution in [-0.2, 0) is 11.2 Å². The molecular formula is C29H37N3O. The molecule has 4 bridgehead atoms. The summed E-state index contributed by atoms with van der Waals surface area (Å²) >= 11 is 0. The Bertz CT molecular complexity index is 960. The summed E-state index contributed by atoms with van der Waals surface area (Å²) in [6, 6.07) is 10.3. The summed E-state index contributed by atoms with van der Waals surface area (Å²) in [5.74, 6) is 4.09. The largest absolute Gasteiger partial charge is 0.309 e. The van der Waals surface area contributed by atoms with Crippen molar-refractivity contribution in [2.75, 3.05) is 5.32 Å². The quantitative estimate of drug-likeness (QED) is 0.533. The molecule has 5 aliphatic carbocycles. The van der Waals surface area contributed by atoms with E-state index >= 15 is 0 Å². The van der Waals surface area contributed by atoms with Crippen molar-refractivity contribution in [1.82, 2.24) is 9.97 Å². The van der Waals surface area contributed by atoms with Gasteiger partial charge in [-0.1, -0.05) is 49.6 Å². The Balaban J connectivity index is 1.27. The summed E-state index contributed by atoms with van der Waals surface area (Å²) in [6.45, 7) is 0. The molecule has 1 aromatic carbocycles. The van der Waals surface area contributed by atoms with E-state index in [1.165, 1.54) is 70.6 Å². The minimum Gasteiger partial charge on any atom is -0.309 e. The van der Waals surface area contributed by atoms with Crippen molar-refractivity contribution in [2.24, 2.45) is 29.1 Å². The number of nitrogens with one attached hydrogen (secondary N) is 1. The third-order valence-electron chi connectivity index (χ3n) is 9.08. The van der Waals surface area contributed by atoms with Crippen LogP contribution in [0.3, 0.4) is 0 Å². The van der Waals surface area contributed by atoms with Crippen LogP contribution in [0, 0.1) is 29.1 Å². The van der Waals surface area contributed by atoms with E-state index in [2.05, 4.69) is 29.6 Å². The molecule has 4 nitrogen and oxygen atoms in total. The molecule has 1 aromatic heterocycles. The Morgan fingerprint density at radius 3 is 2.27 bits per heavy atom. The summed E-state index contributed by atoms with van der Waals surface area (Å²) in [4.78, 5) is 22.9. The zero-order valence-electron chi connectivity index (χ0n) is 19.8. The predicted molar refractivity (Wildman–Crippen MR) is 132 cm³/mol. The lowest BCUT2D eigenvalue weighted by atomic mass is 9.48. The second-order valence-electron chi connectivity index (χ2n) is 11.8. The second kappa shape index (κ2) is 8.85. The van der Waals surface area contributed by atoms with Crippen LogP contribution in [0.4, 0.5) is 5.82 Å². The number of benzene rings is 1. The Morgan fingerprint density at radius 1 is 0.939 bits per heavy atom. The average Bonchev–Trinajstić information content (AvgIpc) is 2.80. The number of anilines is 1. The molecule has 7 rings (SSSR count). The molecule has 4 heteroatoms. The molecule has 5 saturated carbocycles. The summed E-state index contributed by atoms with van der Waals surface area (Å²) in [7, 11) is 0. The van der Waals surface area contributed by atoms with Crippen LogP contribution < -0.4 is 5.32 Å². The molecule has 0 saturated heterocycles. The number of carbonyl (C=O) groups excluding carboxylic acids is 1. The van der Waals surface area contributed by atoms with Gasteiger partial charge in [0.25, 0.3) is 0 Å². The zero-order chi connectivity index (χ0) is 22.3. The Labute approximate surface area is 198 Å². The standard InChI is InChI=1S/C29H37N3O/c33-27(14-20-7-3-1-4-8-20)32-28-25(31-26(19-30-28)24-9-5-2-6-10-24)18-29-15-21-11-22(16-29)13-23(12-21)17-29/h2,5-6,9-10,19-23H,1,3-4,7-8,11-18H2,(H,30,32,33). The van der Waals surface area contributed by atoms with Crippen LogP contribution in [0.15, 0.2) is 36.5 Å². The molecule has 1 heterocycles. The fourth-order valence-electron chi connectivity index (χ4n) is 8.10. The van der Waals surface area contributed by atoms with E-state index in [9.17, 15) is 4.79 Å². The predicted octanol–water partition coefficient (Wildman–Crippen LogP) is 6.81. The minimum atomic E-state index is 0.121. The number of amides is 1. The van der Waals surface area contributed by atoms with Gasteiger partial charge in [0.15, 0.2) is 5.82 Å². The molecule has 0 aliphatic heterocycles. The van der Waals surface area contributed by atoms with Crippen molar-refractivity contribution in [1.29, 1.82) is 0 Å².